The number of carbonyl (C=O) groups is 3. The van der Waals surface area contributed by atoms with Crippen LogP contribution in [0.5, 0.6) is 0 Å². The van der Waals surface area contributed by atoms with Gasteiger partial charge in [-0.3, -0.25) is 14.4 Å². The average Bonchev–Trinajstić information content (AvgIpc) is 3.32. The van der Waals surface area contributed by atoms with Crippen LogP contribution in [0.25, 0.3) is 11.1 Å². The summed E-state index contributed by atoms with van der Waals surface area (Å²) in [5, 5.41) is 2.76. The van der Waals surface area contributed by atoms with E-state index in [1.165, 1.54) is 0 Å². The van der Waals surface area contributed by atoms with Crippen molar-refractivity contribution in [3.63, 3.8) is 0 Å². The number of hydrogen-bond donors (Lipinski definition) is 1. The highest BCUT2D eigenvalue weighted by Gasteiger charge is 2.30. The Labute approximate surface area is 242 Å². The molecule has 1 atom stereocenters. The zero-order valence-corrected chi connectivity index (χ0v) is 23.7. The first kappa shape index (κ1) is 30.2. The first-order valence-corrected chi connectivity index (χ1v) is 14.3. The molecular formula is C34H39NO6. The maximum Gasteiger partial charge on any atom is 0.306 e. The van der Waals surface area contributed by atoms with Gasteiger partial charge in [0.15, 0.2) is 5.78 Å². The molecule has 1 aliphatic rings. The van der Waals surface area contributed by atoms with E-state index in [0.29, 0.717) is 39.1 Å². The summed E-state index contributed by atoms with van der Waals surface area (Å²) in [5.74, 6) is -1.48. The lowest BCUT2D eigenvalue weighted by Gasteiger charge is -2.18. The van der Waals surface area contributed by atoms with Crippen LogP contribution in [0.15, 0.2) is 78.9 Å². The van der Waals surface area contributed by atoms with Crippen LogP contribution in [0.1, 0.15) is 48.3 Å². The molecule has 1 unspecified atom stereocenters. The van der Waals surface area contributed by atoms with Crippen molar-refractivity contribution in [3.8, 4) is 11.1 Å². The Morgan fingerprint density at radius 2 is 1.46 bits per heavy atom. The molecule has 4 rings (SSSR count). The Balaban J connectivity index is 1.30. The number of amides is 1. The van der Waals surface area contributed by atoms with Crippen molar-refractivity contribution in [2.24, 2.45) is 5.92 Å². The Hall–Kier alpha value is -3.81. The standard InChI is InChI=1S/C34H39NO6/c1-39-19-20-40-18-10-9-13-27(36)23-35-34(38)26(21-25-11-3-2-4-12-25)22-33(37)41-24-32-30-16-7-5-14-28(30)29-15-6-8-17-31(29)32/h2-8,11-12,14-17,26,32H,9-10,13,18-24H2,1H3,(H,35,38). The predicted molar refractivity (Wildman–Crippen MR) is 157 cm³/mol. The Morgan fingerprint density at radius 3 is 2.15 bits per heavy atom. The Kier molecular flexibility index (Phi) is 11.7. The third kappa shape index (κ3) is 8.84. The summed E-state index contributed by atoms with van der Waals surface area (Å²) in [4.78, 5) is 38.6. The van der Waals surface area contributed by atoms with Crippen LogP contribution in [0.4, 0.5) is 0 Å². The molecular weight excluding hydrogens is 518 g/mol. The maximum absolute atomic E-state index is 13.1. The van der Waals surface area contributed by atoms with E-state index in [1.54, 1.807) is 7.11 Å². The van der Waals surface area contributed by atoms with Crippen molar-refractivity contribution in [1.82, 2.24) is 5.32 Å². The van der Waals surface area contributed by atoms with Gasteiger partial charge < -0.3 is 19.5 Å². The van der Waals surface area contributed by atoms with Gasteiger partial charge in [0.25, 0.3) is 0 Å². The number of Topliss-reactive ketones (excluding diaryl/α,β-unsaturated/α-hetero) is 1. The first-order valence-electron chi connectivity index (χ1n) is 14.3. The second kappa shape index (κ2) is 15.8. The van der Waals surface area contributed by atoms with Crippen LogP contribution in [0.3, 0.4) is 0 Å². The van der Waals surface area contributed by atoms with Crippen LogP contribution < -0.4 is 5.32 Å². The van der Waals surface area contributed by atoms with Gasteiger partial charge in [-0.15, -0.1) is 0 Å². The summed E-state index contributed by atoms with van der Waals surface area (Å²) in [5.41, 5.74) is 5.54. The van der Waals surface area contributed by atoms with E-state index in [2.05, 4.69) is 29.6 Å². The molecule has 0 radical (unpaired) electrons. The van der Waals surface area contributed by atoms with Gasteiger partial charge in [-0.2, -0.15) is 0 Å². The molecule has 41 heavy (non-hydrogen) atoms. The molecule has 0 saturated heterocycles. The first-order chi connectivity index (χ1) is 20.1. The molecule has 0 fully saturated rings. The van der Waals surface area contributed by atoms with Gasteiger partial charge in [0.2, 0.25) is 5.91 Å². The van der Waals surface area contributed by atoms with E-state index in [9.17, 15) is 14.4 Å². The fraction of sp³-hybridized carbons (Fsp3) is 0.382. The zero-order chi connectivity index (χ0) is 28.9. The maximum atomic E-state index is 13.1. The van der Waals surface area contributed by atoms with E-state index in [-0.39, 0.29) is 37.2 Å². The molecule has 7 heteroatoms. The number of carbonyl (C=O) groups excluding carboxylic acids is 3. The monoisotopic (exact) mass is 557 g/mol. The minimum Gasteiger partial charge on any atom is -0.465 e. The van der Waals surface area contributed by atoms with E-state index < -0.39 is 11.9 Å². The van der Waals surface area contributed by atoms with Crippen molar-refractivity contribution in [3.05, 3.63) is 95.6 Å². The molecule has 0 aromatic heterocycles. The summed E-state index contributed by atoms with van der Waals surface area (Å²) in [6, 6.07) is 25.9. The number of nitrogens with one attached hydrogen (secondary N) is 1. The lowest BCUT2D eigenvalue weighted by atomic mass is 9.95. The molecule has 0 aliphatic heterocycles. The molecule has 1 N–H and O–H groups in total. The van der Waals surface area contributed by atoms with Crippen molar-refractivity contribution in [2.75, 3.05) is 40.1 Å². The minimum atomic E-state index is -0.643. The highest BCUT2D eigenvalue weighted by molar-refractivity contribution is 5.89. The number of unbranched alkanes of at least 4 members (excludes halogenated alkanes) is 1. The Morgan fingerprint density at radius 1 is 0.805 bits per heavy atom. The fourth-order valence-electron chi connectivity index (χ4n) is 5.22. The van der Waals surface area contributed by atoms with Crippen LogP contribution in [-0.2, 0) is 35.0 Å². The molecule has 3 aromatic carbocycles. The number of methoxy groups -OCH3 is 1. The van der Waals surface area contributed by atoms with Crippen molar-refractivity contribution in [2.45, 2.75) is 38.0 Å². The van der Waals surface area contributed by atoms with Crippen LogP contribution >= 0.6 is 0 Å². The van der Waals surface area contributed by atoms with E-state index in [1.807, 2.05) is 54.6 Å². The van der Waals surface area contributed by atoms with Crippen LogP contribution in [0, 0.1) is 5.92 Å². The summed E-state index contributed by atoms with van der Waals surface area (Å²) >= 11 is 0. The van der Waals surface area contributed by atoms with Gasteiger partial charge in [-0.05, 0) is 47.1 Å². The molecule has 216 valence electrons. The van der Waals surface area contributed by atoms with E-state index >= 15 is 0 Å². The molecule has 0 heterocycles. The lowest BCUT2D eigenvalue weighted by molar-refractivity contribution is -0.147. The van der Waals surface area contributed by atoms with Gasteiger partial charge in [0.1, 0.15) is 6.61 Å². The number of hydrogen-bond acceptors (Lipinski definition) is 6. The summed E-state index contributed by atoms with van der Waals surface area (Å²) in [6.45, 7) is 1.81. The quantitative estimate of drug-likeness (QED) is 0.183. The largest absolute Gasteiger partial charge is 0.465 e. The van der Waals surface area contributed by atoms with Crippen LogP contribution in [0.2, 0.25) is 0 Å². The molecule has 1 aliphatic carbocycles. The van der Waals surface area contributed by atoms with E-state index in [4.69, 9.17) is 14.2 Å². The smallest absolute Gasteiger partial charge is 0.306 e. The molecule has 3 aromatic rings. The van der Waals surface area contributed by atoms with Crippen molar-refractivity contribution in [1.29, 1.82) is 0 Å². The Bertz CT molecular complexity index is 1250. The summed E-state index contributed by atoms with van der Waals surface area (Å²) < 4.78 is 16.1. The number of benzene rings is 3. The fourth-order valence-corrected chi connectivity index (χ4v) is 5.22. The number of ether oxygens (including phenoxy) is 3. The minimum absolute atomic E-state index is 0.0456. The normalized spacial score (nSPS) is 12.8. The average molecular weight is 558 g/mol. The SMILES string of the molecule is COCCOCCCCC(=O)CNC(=O)C(CC(=O)OCC1c2ccccc2-c2ccccc21)Cc1ccccc1. The molecule has 1 amide bonds. The molecule has 7 nitrogen and oxygen atoms in total. The summed E-state index contributed by atoms with van der Waals surface area (Å²) in [7, 11) is 1.62. The second-order valence-electron chi connectivity index (χ2n) is 10.3. The molecule has 0 spiro atoms. The van der Waals surface area contributed by atoms with E-state index in [0.717, 1.165) is 34.2 Å². The number of fused-ring (bicyclic) bond motifs is 3. The third-order valence-corrected chi connectivity index (χ3v) is 7.37. The zero-order valence-electron chi connectivity index (χ0n) is 23.7. The van der Waals surface area contributed by atoms with Gasteiger partial charge in [-0.1, -0.05) is 78.9 Å². The second-order valence-corrected chi connectivity index (χ2v) is 10.3. The van der Waals surface area contributed by atoms with Crippen LogP contribution in [-0.4, -0.2) is 57.7 Å². The molecule has 0 saturated carbocycles. The number of rotatable bonds is 17. The topological polar surface area (TPSA) is 90.9 Å². The van der Waals surface area contributed by atoms with Gasteiger partial charge in [-0.25, -0.2) is 0 Å². The van der Waals surface area contributed by atoms with Gasteiger partial charge >= 0.3 is 5.97 Å². The number of esters is 1. The summed E-state index contributed by atoms with van der Waals surface area (Å²) in [6.07, 6.45) is 2.13. The third-order valence-electron chi connectivity index (χ3n) is 7.37. The van der Waals surface area contributed by atoms with Gasteiger partial charge in [0.05, 0.1) is 32.1 Å². The number of ketones is 1. The highest BCUT2D eigenvalue weighted by atomic mass is 16.5. The van der Waals surface area contributed by atoms with Crippen molar-refractivity contribution >= 4 is 17.7 Å². The lowest BCUT2D eigenvalue weighted by Crippen LogP contribution is -2.37. The highest BCUT2D eigenvalue weighted by Crippen LogP contribution is 2.44. The molecule has 0 bridgehead atoms. The predicted octanol–water partition coefficient (Wildman–Crippen LogP) is 5.11. The van der Waals surface area contributed by atoms with Gasteiger partial charge in [0, 0.05) is 26.1 Å². The van der Waals surface area contributed by atoms with Crippen molar-refractivity contribution < 1.29 is 28.6 Å².